The molecule has 0 radical (unpaired) electrons. The number of ether oxygens (including phenoxy) is 2. The van der Waals surface area contributed by atoms with Gasteiger partial charge in [0, 0.05) is 36.6 Å². The van der Waals surface area contributed by atoms with Crippen LogP contribution in [0.25, 0.3) is 6.08 Å². The molecule has 2 aromatic rings. The molecule has 0 aliphatic heterocycles. The zero-order valence-electron chi connectivity index (χ0n) is 17.8. The Hall–Kier alpha value is -2.30. The lowest BCUT2D eigenvalue weighted by molar-refractivity contribution is -0.115. The summed E-state index contributed by atoms with van der Waals surface area (Å²) in [5.74, 6) is 1.04. The molecule has 5 heteroatoms. The van der Waals surface area contributed by atoms with Gasteiger partial charge in [-0.1, -0.05) is 41.9 Å². The van der Waals surface area contributed by atoms with E-state index in [1.807, 2.05) is 30.3 Å². The summed E-state index contributed by atoms with van der Waals surface area (Å²) in [5, 5.41) is 0.515. The molecule has 0 aliphatic rings. The molecule has 0 saturated carbocycles. The van der Waals surface area contributed by atoms with Crippen molar-refractivity contribution in [1.82, 2.24) is 4.90 Å². The van der Waals surface area contributed by atoms with Crippen molar-refractivity contribution in [1.29, 1.82) is 0 Å². The number of hydrogen-bond acceptors (Lipinski definition) is 4. The molecule has 0 atom stereocenters. The number of halogens is 1. The van der Waals surface area contributed by atoms with Crippen molar-refractivity contribution >= 4 is 23.5 Å². The first-order valence-electron chi connectivity index (χ1n) is 9.91. The Morgan fingerprint density at radius 2 is 1.69 bits per heavy atom. The van der Waals surface area contributed by atoms with Crippen molar-refractivity contribution in [3.8, 4) is 11.5 Å². The maximum Gasteiger partial charge on any atom is 0.194 e. The van der Waals surface area contributed by atoms with E-state index in [2.05, 4.69) is 32.6 Å². The van der Waals surface area contributed by atoms with Crippen LogP contribution in [0.2, 0.25) is 5.02 Å². The Labute approximate surface area is 179 Å². The summed E-state index contributed by atoms with van der Waals surface area (Å²) in [6.07, 6.45) is 1.71. The van der Waals surface area contributed by atoms with E-state index in [-0.39, 0.29) is 11.5 Å². The molecule has 29 heavy (non-hydrogen) atoms. The van der Waals surface area contributed by atoms with Crippen LogP contribution in [-0.4, -0.2) is 35.9 Å². The van der Waals surface area contributed by atoms with Crippen LogP contribution in [0.1, 0.15) is 40.2 Å². The summed E-state index contributed by atoms with van der Waals surface area (Å²) in [6, 6.07) is 15.6. The van der Waals surface area contributed by atoms with Crippen molar-refractivity contribution in [2.75, 3.05) is 13.2 Å². The van der Waals surface area contributed by atoms with E-state index in [9.17, 15) is 4.79 Å². The van der Waals surface area contributed by atoms with Crippen LogP contribution < -0.4 is 9.47 Å². The molecule has 2 rings (SSSR count). The molecule has 0 heterocycles. The van der Waals surface area contributed by atoms with Crippen LogP contribution in [0.4, 0.5) is 0 Å². The summed E-state index contributed by atoms with van der Waals surface area (Å²) in [4.78, 5) is 14.5. The van der Waals surface area contributed by atoms with Gasteiger partial charge >= 0.3 is 0 Å². The molecule has 2 aromatic carbocycles. The minimum atomic E-state index is -0.175. The molecule has 0 aliphatic carbocycles. The van der Waals surface area contributed by atoms with Crippen LogP contribution in [0.3, 0.4) is 0 Å². The maximum absolute atomic E-state index is 12.1. The fourth-order valence-electron chi connectivity index (χ4n) is 3.08. The molecule has 0 spiro atoms. The predicted molar refractivity (Wildman–Crippen MR) is 120 cm³/mol. The SMILES string of the molecule is CC(=O)/C(=C/c1ccccc1)Oc1cc(Cl)ccc1OCCN(C(C)C)C(C)C. The quantitative estimate of drug-likeness (QED) is 0.360. The van der Waals surface area contributed by atoms with Gasteiger partial charge in [0.25, 0.3) is 0 Å². The fraction of sp³-hybridized carbons (Fsp3) is 0.375. The number of rotatable bonds is 10. The lowest BCUT2D eigenvalue weighted by Gasteiger charge is -2.30. The molecular weight excluding hydrogens is 386 g/mol. The highest BCUT2D eigenvalue weighted by atomic mass is 35.5. The number of hydrogen-bond donors (Lipinski definition) is 0. The van der Waals surface area contributed by atoms with Gasteiger partial charge in [0.15, 0.2) is 23.0 Å². The molecule has 0 amide bonds. The first-order valence-corrected chi connectivity index (χ1v) is 10.3. The van der Waals surface area contributed by atoms with E-state index in [4.69, 9.17) is 21.1 Å². The van der Waals surface area contributed by atoms with Crippen molar-refractivity contribution in [2.45, 2.75) is 46.7 Å². The van der Waals surface area contributed by atoms with Gasteiger partial charge in [-0.15, -0.1) is 0 Å². The molecule has 0 aromatic heterocycles. The van der Waals surface area contributed by atoms with Gasteiger partial charge in [0.1, 0.15) is 6.61 Å². The van der Waals surface area contributed by atoms with Crippen LogP contribution in [0.15, 0.2) is 54.3 Å². The zero-order valence-corrected chi connectivity index (χ0v) is 18.6. The van der Waals surface area contributed by atoms with E-state index in [1.165, 1.54) is 6.92 Å². The van der Waals surface area contributed by atoms with Crippen molar-refractivity contribution < 1.29 is 14.3 Å². The van der Waals surface area contributed by atoms with E-state index >= 15 is 0 Å². The number of carbonyl (C=O) groups excluding carboxylic acids is 1. The van der Waals surface area contributed by atoms with E-state index in [0.29, 0.717) is 35.2 Å². The molecule has 0 unspecified atom stereocenters. The lowest BCUT2D eigenvalue weighted by atomic mass is 10.2. The van der Waals surface area contributed by atoms with Crippen LogP contribution in [-0.2, 0) is 4.79 Å². The maximum atomic E-state index is 12.1. The number of nitrogens with zero attached hydrogens (tertiary/aromatic N) is 1. The number of ketones is 1. The van der Waals surface area contributed by atoms with Gasteiger partial charge in [-0.3, -0.25) is 9.69 Å². The van der Waals surface area contributed by atoms with Gasteiger partial charge in [-0.05, 0) is 51.5 Å². The molecule has 0 N–H and O–H groups in total. The highest BCUT2D eigenvalue weighted by Crippen LogP contribution is 2.32. The standard InChI is InChI=1S/C24H30ClNO3/c1-17(2)26(18(3)4)13-14-28-22-12-11-21(25)16-24(22)29-23(19(5)27)15-20-9-7-6-8-10-20/h6-12,15-18H,13-14H2,1-5H3/b23-15-. The Balaban J connectivity index is 2.18. The summed E-state index contributed by atoms with van der Waals surface area (Å²) >= 11 is 6.16. The second kappa shape index (κ2) is 11.0. The number of carbonyl (C=O) groups is 1. The topological polar surface area (TPSA) is 38.8 Å². The van der Waals surface area contributed by atoms with Crippen LogP contribution in [0, 0.1) is 0 Å². The molecule has 0 saturated heterocycles. The highest BCUT2D eigenvalue weighted by Gasteiger charge is 2.15. The Kier molecular flexibility index (Phi) is 8.74. The van der Waals surface area contributed by atoms with Gasteiger partial charge in [0.05, 0.1) is 0 Å². The average molecular weight is 416 g/mol. The number of allylic oxidation sites excluding steroid dienone is 1. The van der Waals surface area contributed by atoms with Gasteiger partial charge < -0.3 is 9.47 Å². The fourth-order valence-corrected chi connectivity index (χ4v) is 3.24. The first kappa shape index (κ1) is 23.0. The predicted octanol–water partition coefficient (Wildman–Crippen LogP) is 5.85. The Morgan fingerprint density at radius 1 is 1.03 bits per heavy atom. The minimum Gasteiger partial charge on any atom is -0.488 e. The van der Waals surface area contributed by atoms with Crippen molar-refractivity contribution in [3.63, 3.8) is 0 Å². The summed E-state index contributed by atoms with van der Waals surface area (Å²) in [7, 11) is 0. The third-order valence-electron chi connectivity index (χ3n) is 4.50. The smallest absolute Gasteiger partial charge is 0.194 e. The summed E-state index contributed by atoms with van der Waals surface area (Å²) < 4.78 is 11.9. The second-order valence-electron chi connectivity index (χ2n) is 7.44. The minimum absolute atomic E-state index is 0.175. The zero-order chi connectivity index (χ0) is 21.4. The third kappa shape index (κ3) is 7.22. The third-order valence-corrected chi connectivity index (χ3v) is 4.74. The molecule has 156 valence electrons. The molecule has 0 fully saturated rings. The van der Waals surface area contributed by atoms with E-state index in [1.54, 1.807) is 24.3 Å². The normalized spacial score (nSPS) is 12.0. The van der Waals surface area contributed by atoms with Gasteiger partial charge in [-0.2, -0.15) is 0 Å². The Bertz CT molecular complexity index is 823. The second-order valence-corrected chi connectivity index (χ2v) is 7.88. The van der Waals surface area contributed by atoms with Crippen LogP contribution in [0.5, 0.6) is 11.5 Å². The van der Waals surface area contributed by atoms with Crippen LogP contribution >= 0.6 is 11.6 Å². The first-order chi connectivity index (χ1) is 13.8. The number of benzene rings is 2. The van der Waals surface area contributed by atoms with Gasteiger partial charge in [0.2, 0.25) is 0 Å². The van der Waals surface area contributed by atoms with E-state index < -0.39 is 0 Å². The molecule has 4 nitrogen and oxygen atoms in total. The monoisotopic (exact) mass is 415 g/mol. The number of Topliss-reactive ketones (excluding diaryl/α,β-unsaturated/α-hetero) is 1. The van der Waals surface area contributed by atoms with Crippen molar-refractivity contribution in [2.24, 2.45) is 0 Å². The molecular formula is C24H30ClNO3. The average Bonchev–Trinajstić information content (AvgIpc) is 2.66. The largest absolute Gasteiger partial charge is 0.488 e. The van der Waals surface area contributed by atoms with E-state index in [0.717, 1.165) is 12.1 Å². The lowest BCUT2D eigenvalue weighted by Crippen LogP contribution is -2.39. The summed E-state index contributed by atoms with van der Waals surface area (Å²) in [6.45, 7) is 11.5. The Morgan fingerprint density at radius 3 is 2.28 bits per heavy atom. The molecule has 0 bridgehead atoms. The van der Waals surface area contributed by atoms with Gasteiger partial charge in [-0.25, -0.2) is 0 Å². The van der Waals surface area contributed by atoms with Crippen molar-refractivity contribution in [3.05, 3.63) is 64.9 Å². The highest BCUT2D eigenvalue weighted by molar-refractivity contribution is 6.30. The summed E-state index contributed by atoms with van der Waals surface area (Å²) in [5.41, 5.74) is 0.881.